The lowest BCUT2D eigenvalue weighted by Gasteiger charge is -2.00. The summed E-state index contributed by atoms with van der Waals surface area (Å²) < 4.78 is 0. The molecule has 0 atom stereocenters. The third-order valence-electron chi connectivity index (χ3n) is 1.09. The van der Waals surface area contributed by atoms with Gasteiger partial charge in [-0.25, -0.2) is 0 Å². The Morgan fingerprint density at radius 2 is 2.00 bits per heavy atom. The van der Waals surface area contributed by atoms with E-state index in [1.54, 1.807) is 0 Å². The van der Waals surface area contributed by atoms with Crippen LogP contribution in [0, 0.1) is 0 Å². The zero-order valence-electron chi connectivity index (χ0n) is 6.74. The summed E-state index contributed by atoms with van der Waals surface area (Å²) in [6.45, 7) is 8.06. The first-order valence-electron chi connectivity index (χ1n) is 3.18. The lowest BCUT2D eigenvalue weighted by atomic mass is 10.2. The van der Waals surface area contributed by atoms with Crippen LogP contribution in [0.2, 0.25) is 0 Å². The Morgan fingerprint density at radius 1 is 1.50 bits per heavy atom. The quantitative estimate of drug-likeness (QED) is 0.585. The molecule has 10 heavy (non-hydrogen) atoms. The average Bonchev–Trinajstić information content (AvgIpc) is 1.87. The topological polar surface area (TPSA) is 64.1 Å². The predicted molar refractivity (Wildman–Crippen MR) is 43.1 cm³/mol. The fourth-order valence-corrected chi connectivity index (χ4v) is 0.446. The highest BCUT2D eigenvalue weighted by Gasteiger charge is 1.99. The van der Waals surface area contributed by atoms with Gasteiger partial charge in [-0.05, 0) is 13.3 Å². The highest BCUT2D eigenvalue weighted by molar-refractivity contribution is 5.92. The highest BCUT2D eigenvalue weighted by atomic mass is 16.1. The average molecular weight is 144 g/mol. The van der Waals surface area contributed by atoms with E-state index in [2.05, 4.69) is 11.9 Å². The molecule has 3 heteroatoms. The Kier molecular flexibility index (Phi) is 7.49. The number of carbonyl (C=O) groups is 1. The van der Waals surface area contributed by atoms with Crippen molar-refractivity contribution in [3.63, 3.8) is 0 Å². The summed E-state index contributed by atoms with van der Waals surface area (Å²) in [5, 5.41) is 2.66. The highest BCUT2D eigenvalue weighted by Crippen LogP contribution is 1.93. The number of nitrogens with one attached hydrogen (secondary N) is 1. The Balaban J connectivity index is 0. The summed E-state index contributed by atoms with van der Waals surface area (Å²) in [6.07, 6.45) is 0.728. The Labute approximate surface area is 62.1 Å². The molecule has 3 nitrogen and oxygen atoms in total. The zero-order valence-corrected chi connectivity index (χ0v) is 6.74. The lowest BCUT2D eigenvalue weighted by Crippen LogP contribution is -2.23. The molecule has 0 aliphatic rings. The zero-order chi connectivity index (χ0) is 7.28. The molecule has 0 saturated carbocycles. The number of rotatable bonds is 3. The third-order valence-corrected chi connectivity index (χ3v) is 1.09. The van der Waals surface area contributed by atoms with Crippen molar-refractivity contribution in [2.75, 3.05) is 6.54 Å². The molecule has 4 N–H and O–H groups in total. The van der Waals surface area contributed by atoms with Crippen LogP contribution in [0.3, 0.4) is 0 Å². The van der Waals surface area contributed by atoms with Crippen molar-refractivity contribution in [3.05, 3.63) is 12.2 Å². The van der Waals surface area contributed by atoms with E-state index in [0.29, 0.717) is 12.1 Å². The molecule has 0 aromatic rings. The standard InChI is InChI=1S/C7H13NO.H3N/c1-4-6(3)7(9)8-5-2;/h3-5H2,1-2H3,(H,8,9);1H3. The van der Waals surface area contributed by atoms with Gasteiger partial charge >= 0.3 is 0 Å². The molecular weight excluding hydrogens is 128 g/mol. The first-order valence-corrected chi connectivity index (χ1v) is 3.18. The van der Waals surface area contributed by atoms with E-state index < -0.39 is 0 Å². The van der Waals surface area contributed by atoms with Crippen LogP contribution in [0.4, 0.5) is 0 Å². The van der Waals surface area contributed by atoms with Crippen LogP contribution in [0.5, 0.6) is 0 Å². The molecule has 0 aromatic heterocycles. The fourth-order valence-electron chi connectivity index (χ4n) is 0.446. The first kappa shape index (κ1) is 11.9. The van der Waals surface area contributed by atoms with Gasteiger partial charge in [0.2, 0.25) is 5.91 Å². The minimum absolute atomic E-state index is 0. The molecule has 0 radical (unpaired) electrons. The van der Waals surface area contributed by atoms with Gasteiger partial charge in [0.15, 0.2) is 0 Å². The van der Waals surface area contributed by atoms with E-state index in [1.165, 1.54) is 0 Å². The van der Waals surface area contributed by atoms with Crippen molar-refractivity contribution in [2.45, 2.75) is 20.3 Å². The van der Waals surface area contributed by atoms with E-state index in [9.17, 15) is 4.79 Å². The van der Waals surface area contributed by atoms with E-state index in [0.717, 1.165) is 6.42 Å². The van der Waals surface area contributed by atoms with Crippen molar-refractivity contribution in [3.8, 4) is 0 Å². The molecule has 0 heterocycles. The Bertz CT molecular complexity index is 121. The number of hydrogen-bond acceptors (Lipinski definition) is 2. The second-order valence-electron chi connectivity index (χ2n) is 1.82. The van der Waals surface area contributed by atoms with Gasteiger partial charge < -0.3 is 11.5 Å². The number of amides is 1. The van der Waals surface area contributed by atoms with Crippen LogP contribution >= 0.6 is 0 Å². The molecule has 0 aliphatic heterocycles. The minimum Gasteiger partial charge on any atom is -0.353 e. The SMILES string of the molecule is C=C(CC)C(=O)NCC.N. The van der Waals surface area contributed by atoms with Crippen molar-refractivity contribution >= 4 is 5.91 Å². The van der Waals surface area contributed by atoms with E-state index >= 15 is 0 Å². The lowest BCUT2D eigenvalue weighted by molar-refractivity contribution is -0.117. The summed E-state index contributed by atoms with van der Waals surface area (Å²) >= 11 is 0. The van der Waals surface area contributed by atoms with Gasteiger partial charge in [-0.3, -0.25) is 4.79 Å². The summed E-state index contributed by atoms with van der Waals surface area (Å²) in [5.41, 5.74) is 0.650. The summed E-state index contributed by atoms with van der Waals surface area (Å²) in [5.74, 6) is -0.0278. The second kappa shape index (κ2) is 6.29. The maximum atomic E-state index is 10.8. The smallest absolute Gasteiger partial charge is 0.246 e. The Hall–Kier alpha value is -0.830. The summed E-state index contributed by atoms with van der Waals surface area (Å²) in [4.78, 5) is 10.8. The molecule has 0 saturated heterocycles. The molecule has 1 amide bonds. The van der Waals surface area contributed by atoms with Crippen LogP contribution < -0.4 is 11.5 Å². The molecule has 0 spiro atoms. The largest absolute Gasteiger partial charge is 0.353 e. The number of hydrogen-bond donors (Lipinski definition) is 2. The summed E-state index contributed by atoms with van der Waals surface area (Å²) in [7, 11) is 0. The second-order valence-corrected chi connectivity index (χ2v) is 1.82. The monoisotopic (exact) mass is 144 g/mol. The molecule has 60 valence electrons. The van der Waals surface area contributed by atoms with E-state index in [4.69, 9.17) is 0 Å². The predicted octanol–water partition coefficient (Wildman–Crippen LogP) is 1.25. The van der Waals surface area contributed by atoms with Crippen molar-refractivity contribution in [1.82, 2.24) is 11.5 Å². The van der Waals surface area contributed by atoms with Gasteiger partial charge in [-0.15, -0.1) is 0 Å². The maximum absolute atomic E-state index is 10.8. The molecule has 0 aliphatic carbocycles. The van der Waals surface area contributed by atoms with Crippen LogP contribution in [-0.4, -0.2) is 12.5 Å². The third kappa shape index (κ3) is 4.09. The minimum atomic E-state index is -0.0278. The van der Waals surface area contributed by atoms with E-state index in [-0.39, 0.29) is 12.1 Å². The van der Waals surface area contributed by atoms with Gasteiger partial charge in [-0.2, -0.15) is 0 Å². The van der Waals surface area contributed by atoms with Crippen molar-refractivity contribution in [1.29, 1.82) is 0 Å². The van der Waals surface area contributed by atoms with Crippen LogP contribution in [0.25, 0.3) is 0 Å². The maximum Gasteiger partial charge on any atom is 0.246 e. The molecular formula is C7H16N2O. The first-order chi connectivity index (χ1) is 4.22. The number of carbonyl (C=O) groups excluding carboxylic acids is 1. The normalized spacial score (nSPS) is 7.80. The van der Waals surface area contributed by atoms with Gasteiger partial charge in [0, 0.05) is 12.1 Å². The van der Waals surface area contributed by atoms with Gasteiger partial charge in [-0.1, -0.05) is 13.5 Å². The molecule has 0 rings (SSSR count). The fraction of sp³-hybridized carbons (Fsp3) is 0.571. The molecule has 0 unspecified atom stereocenters. The van der Waals surface area contributed by atoms with E-state index in [1.807, 2.05) is 13.8 Å². The van der Waals surface area contributed by atoms with Gasteiger partial charge in [0.25, 0.3) is 0 Å². The molecule has 0 bridgehead atoms. The summed E-state index contributed by atoms with van der Waals surface area (Å²) in [6, 6.07) is 0. The van der Waals surface area contributed by atoms with Crippen molar-refractivity contribution < 1.29 is 4.79 Å². The van der Waals surface area contributed by atoms with Crippen LogP contribution in [-0.2, 0) is 4.79 Å². The van der Waals surface area contributed by atoms with Gasteiger partial charge in [0.05, 0.1) is 0 Å². The molecule has 0 fully saturated rings. The number of likely N-dealkylation sites (N-methyl/N-ethyl adjacent to an activating group) is 1. The van der Waals surface area contributed by atoms with Crippen LogP contribution in [0.1, 0.15) is 20.3 Å². The van der Waals surface area contributed by atoms with Crippen molar-refractivity contribution in [2.24, 2.45) is 0 Å². The molecule has 0 aromatic carbocycles. The van der Waals surface area contributed by atoms with Crippen LogP contribution in [0.15, 0.2) is 12.2 Å². The van der Waals surface area contributed by atoms with Gasteiger partial charge in [0.1, 0.15) is 0 Å². The Morgan fingerprint density at radius 3 is 2.30 bits per heavy atom.